The number of anilines is 1. The number of amides is 1. The first-order valence-corrected chi connectivity index (χ1v) is 10.8. The fraction of sp³-hybridized carbons (Fsp3) is 0.632. The third-order valence-corrected chi connectivity index (χ3v) is 5.55. The Hall–Kier alpha value is -1.76. The number of nitrogens with zero attached hydrogens (tertiary/aromatic N) is 1. The highest BCUT2D eigenvalue weighted by Crippen LogP contribution is 2.38. The number of rotatable bonds is 5. The van der Waals surface area contributed by atoms with Crippen LogP contribution in [-0.2, 0) is 20.2 Å². The first kappa shape index (κ1) is 20.6. The maximum atomic E-state index is 12.4. The second-order valence-corrected chi connectivity index (χ2v) is 10.2. The topological polar surface area (TPSA) is 75.7 Å². The Bertz CT molecular complexity index is 766. The average molecular weight is 383 g/mol. The molecule has 1 heterocycles. The van der Waals surface area contributed by atoms with Gasteiger partial charge in [-0.15, -0.1) is 0 Å². The Morgan fingerprint density at radius 3 is 2.54 bits per heavy atom. The van der Waals surface area contributed by atoms with E-state index in [1.807, 2.05) is 12.1 Å². The number of fused-ring (bicyclic) bond motifs is 1. The standard InChI is InChI=1S/C19H30N2O4S/c1-13(2)9-10-20-18(22)17-12-21(26(6,23)24)15-11-14(19(3,4)5)7-8-16(15)25-17/h7-8,11,13,17H,9-10,12H2,1-6H3,(H,20,22). The van der Waals surface area contributed by atoms with Crippen molar-refractivity contribution >= 4 is 21.6 Å². The van der Waals surface area contributed by atoms with Crippen molar-refractivity contribution in [1.29, 1.82) is 0 Å². The molecule has 0 bridgehead atoms. The molecule has 1 atom stereocenters. The number of ether oxygens (including phenoxy) is 1. The SMILES string of the molecule is CC(C)CCNC(=O)C1CN(S(C)(=O)=O)c2cc(C(C)(C)C)ccc2O1. The maximum absolute atomic E-state index is 12.4. The summed E-state index contributed by atoms with van der Waals surface area (Å²) in [5.74, 6) is 0.607. The number of benzene rings is 1. The van der Waals surface area contributed by atoms with Gasteiger partial charge in [0.15, 0.2) is 6.10 Å². The predicted octanol–water partition coefficient (Wildman–Crippen LogP) is 2.67. The largest absolute Gasteiger partial charge is 0.476 e. The lowest BCUT2D eigenvalue weighted by molar-refractivity contribution is -0.127. The van der Waals surface area contributed by atoms with Crippen LogP contribution in [0.25, 0.3) is 0 Å². The van der Waals surface area contributed by atoms with Gasteiger partial charge in [0.2, 0.25) is 10.0 Å². The quantitative estimate of drug-likeness (QED) is 0.849. The Morgan fingerprint density at radius 1 is 1.35 bits per heavy atom. The molecule has 146 valence electrons. The van der Waals surface area contributed by atoms with Gasteiger partial charge < -0.3 is 10.1 Å². The van der Waals surface area contributed by atoms with Crippen molar-refractivity contribution in [2.45, 2.75) is 52.6 Å². The van der Waals surface area contributed by atoms with Crippen LogP contribution in [0.2, 0.25) is 0 Å². The number of nitrogens with one attached hydrogen (secondary N) is 1. The summed E-state index contributed by atoms with van der Waals surface area (Å²) < 4.78 is 31.7. The number of carbonyl (C=O) groups excluding carboxylic acids is 1. The third kappa shape index (κ3) is 4.90. The van der Waals surface area contributed by atoms with E-state index in [0.717, 1.165) is 18.2 Å². The molecule has 0 radical (unpaired) electrons. The average Bonchev–Trinajstić information content (AvgIpc) is 2.50. The van der Waals surface area contributed by atoms with Gasteiger partial charge in [-0.25, -0.2) is 8.42 Å². The van der Waals surface area contributed by atoms with Gasteiger partial charge in [-0.05, 0) is 35.4 Å². The van der Waals surface area contributed by atoms with E-state index in [9.17, 15) is 13.2 Å². The van der Waals surface area contributed by atoms with E-state index in [-0.39, 0.29) is 17.9 Å². The van der Waals surface area contributed by atoms with Crippen LogP contribution in [0, 0.1) is 5.92 Å². The molecule has 6 nitrogen and oxygen atoms in total. The van der Waals surface area contributed by atoms with Crippen molar-refractivity contribution in [1.82, 2.24) is 5.32 Å². The lowest BCUT2D eigenvalue weighted by Crippen LogP contribution is -2.50. The lowest BCUT2D eigenvalue weighted by Gasteiger charge is -2.35. The zero-order chi connectivity index (χ0) is 19.7. The summed E-state index contributed by atoms with van der Waals surface area (Å²) in [4.78, 5) is 12.4. The molecule has 2 rings (SSSR count). The maximum Gasteiger partial charge on any atom is 0.263 e. The van der Waals surface area contributed by atoms with E-state index in [0.29, 0.717) is 23.9 Å². The molecule has 1 N–H and O–H groups in total. The molecule has 1 aromatic rings. The lowest BCUT2D eigenvalue weighted by atomic mass is 9.86. The summed E-state index contributed by atoms with van der Waals surface area (Å²) in [6.45, 7) is 10.9. The van der Waals surface area contributed by atoms with Crippen molar-refractivity contribution < 1.29 is 17.9 Å². The summed E-state index contributed by atoms with van der Waals surface area (Å²) in [5, 5.41) is 2.84. The summed E-state index contributed by atoms with van der Waals surface area (Å²) in [5.41, 5.74) is 1.38. The molecule has 1 unspecified atom stereocenters. The van der Waals surface area contributed by atoms with Crippen molar-refractivity contribution in [3.05, 3.63) is 23.8 Å². The van der Waals surface area contributed by atoms with Gasteiger partial charge in [0.1, 0.15) is 5.75 Å². The fourth-order valence-electron chi connectivity index (χ4n) is 2.77. The van der Waals surface area contributed by atoms with Crippen LogP contribution in [0.4, 0.5) is 5.69 Å². The van der Waals surface area contributed by atoms with Crippen molar-refractivity contribution in [2.75, 3.05) is 23.7 Å². The zero-order valence-electron chi connectivity index (χ0n) is 16.5. The minimum absolute atomic E-state index is 0.0209. The molecule has 1 amide bonds. The summed E-state index contributed by atoms with van der Waals surface area (Å²) in [7, 11) is -3.53. The fourth-order valence-corrected chi connectivity index (χ4v) is 3.67. The minimum Gasteiger partial charge on any atom is -0.476 e. The molecule has 0 saturated carbocycles. The van der Waals surface area contributed by atoms with Gasteiger partial charge in [-0.3, -0.25) is 9.10 Å². The highest BCUT2D eigenvalue weighted by atomic mass is 32.2. The summed E-state index contributed by atoms with van der Waals surface area (Å²) >= 11 is 0. The molecule has 26 heavy (non-hydrogen) atoms. The molecule has 0 spiro atoms. The van der Waals surface area contributed by atoms with E-state index in [1.165, 1.54) is 4.31 Å². The van der Waals surface area contributed by atoms with Gasteiger partial charge in [0.25, 0.3) is 5.91 Å². The van der Waals surface area contributed by atoms with Gasteiger partial charge in [0.05, 0.1) is 18.5 Å². The van der Waals surface area contributed by atoms with Gasteiger partial charge in [0, 0.05) is 6.54 Å². The normalized spacial score (nSPS) is 17.7. The number of hydrogen-bond acceptors (Lipinski definition) is 4. The molecule has 0 aromatic heterocycles. The number of sulfonamides is 1. The molecule has 1 aliphatic heterocycles. The van der Waals surface area contributed by atoms with Gasteiger partial charge in [-0.2, -0.15) is 0 Å². The second kappa shape index (κ2) is 7.47. The molecule has 0 aliphatic carbocycles. The molecule has 0 fully saturated rings. The van der Waals surface area contributed by atoms with Crippen LogP contribution in [0.5, 0.6) is 5.75 Å². The van der Waals surface area contributed by atoms with Gasteiger partial charge >= 0.3 is 0 Å². The van der Waals surface area contributed by atoms with Crippen molar-refractivity contribution in [3.8, 4) is 5.75 Å². The van der Waals surface area contributed by atoms with Crippen LogP contribution in [0.3, 0.4) is 0 Å². The highest BCUT2D eigenvalue weighted by molar-refractivity contribution is 7.92. The van der Waals surface area contributed by atoms with E-state index < -0.39 is 16.1 Å². The van der Waals surface area contributed by atoms with Crippen LogP contribution in [0.1, 0.15) is 46.6 Å². The van der Waals surface area contributed by atoms with Crippen LogP contribution >= 0.6 is 0 Å². The Morgan fingerprint density at radius 2 is 2.00 bits per heavy atom. The van der Waals surface area contributed by atoms with Crippen LogP contribution in [0.15, 0.2) is 18.2 Å². The highest BCUT2D eigenvalue weighted by Gasteiger charge is 2.35. The summed E-state index contributed by atoms with van der Waals surface area (Å²) in [6.07, 6.45) is 1.16. The van der Waals surface area contributed by atoms with E-state index in [4.69, 9.17) is 4.74 Å². The van der Waals surface area contributed by atoms with E-state index in [1.54, 1.807) is 6.07 Å². The Balaban J connectivity index is 2.30. The molecular weight excluding hydrogens is 352 g/mol. The Labute approximate surface area is 157 Å². The third-order valence-electron chi connectivity index (χ3n) is 4.41. The molecule has 1 aliphatic rings. The summed E-state index contributed by atoms with van der Waals surface area (Å²) in [6, 6.07) is 5.50. The molecular formula is C19H30N2O4S. The van der Waals surface area contributed by atoms with Crippen LogP contribution in [-0.4, -0.2) is 39.8 Å². The minimum atomic E-state index is -3.53. The Kier molecular flexibility index (Phi) is 5.90. The predicted molar refractivity (Wildman–Crippen MR) is 104 cm³/mol. The van der Waals surface area contributed by atoms with Crippen molar-refractivity contribution in [2.24, 2.45) is 5.92 Å². The zero-order valence-corrected chi connectivity index (χ0v) is 17.3. The first-order chi connectivity index (χ1) is 11.9. The van der Waals surface area contributed by atoms with E-state index in [2.05, 4.69) is 39.9 Å². The van der Waals surface area contributed by atoms with E-state index >= 15 is 0 Å². The van der Waals surface area contributed by atoms with Crippen molar-refractivity contribution in [3.63, 3.8) is 0 Å². The molecule has 1 aromatic carbocycles. The molecule has 0 saturated heterocycles. The van der Waals surface area contributed by atoms with Gasteiger partial charge in [-0.1, -0.05) is 40.7 Å². The number of hydrogen-bond donors (Lipinski definition) is 1. The first-order valence-electron chi connectivity index (χ1n) is 8.96. The number of carbonyl (C=O) groups is 1. The second-order valence-electron chi connectivity index (χ2n) is 8.31. The van der Waals surface area contributed by atoms with Crippen LogP contribution < -0.4 is 14.4 Å². The smallest absolute Gasteiger partial charge is 0.263 e. The monoisotopic (exact) mass is 382 g/mol. The molecule has 7 heteroatoms.